The van der Waals surface area contributed by atoms with Gasteiger partial charge in [0, 0.05) is 43.8 Å². The molecule has 2 aromatic rings. The van der Waals surface area contributed by atoms with Crippen LogP contribution in [0.5, 0.6) is 0 Å². The lowest BCUT2D eigenvalue weighted by molar-refractivity contribution is 0.357. The second kappa shape index (κ2) is 10.6. The van der Waals surface area contributed by atoms with Crippen LogP contribution in [0.15, 0.2) is 29.4 Å². The molecule has 5 nitrogen and oxygen atoms in total. The Morgan fingerprint density at radius 2 is 2.00 bits per heavy atom. The molecule has 24 heavy (non-hydrogen) atoms. The predicted octanol–water partition coefficient (Wildman–Crippen LogP) is 2.75. The van der Waals surface area contributed by atoms with Gasteiger partial charge in [0.05, 0.1) is 0 Å². The van der Waals surface area contributed by atoms with Gasteiger partial charge in [-0.05, 0) is 44.1 Å². The first kappa shape index (κ1) is 20.8. The van der Waals surface area contributed by atoms with E-state index in [0.29, 0.717) is 0 Å². The molecule has 0 bridgehead atoms. The summed E-state index contributed by atoms with van der Waals surface area (Å²) >= 11 is 0. The van der Waals surface area contributed by atoms with Crippen molar-refractivity contribution in [3.8, 4) is 0 Å². The van der Waals surface area contributed by atoms with E-state index < -0.39 is 0 Å². The number of hydrogen-bond acceptors (Lipinski definition) is 2. The molecule has 0 unspecified atom stereocenters. The normalized spacial score (nSPS) is 11.6. The lowest BCUT2D eigenvalue weighted by atomic mass is 10.1. The third kappa shape index (κ3) is 5.98. The highest BCUT2D eigenvalue weighted by atomic mass is 127. The number of halogens is 1. The van der Waals surface area contributed by atoms with Crippen LogP contribution in [0.1, 0.15) is 18.1 Å². The van der Waals surface area contributed by atoms with Crippen LogP contribution in [0.2, 0.25) is 0 Å². The lowest BCUT2D eigenvalue weighted by Gasteiger charge is -2.16. The number of nitrogens with one attached hydrogen (secondary N) is 3. The summed E-state index contributed by atoms with van der Waals surface area (Å²) in [5, 5.41) is 8.04. The summed E-state index contributed by atoms with van der Waals surface area (Å²) in [7, 11) is 3.93. The molecule has 0 saturated carbocycles. The highest BCUT2D eigenvalue weighted by Gasteiger charge is 2.04. The van der Waals surface area contributed by atoms with Crippen LogP contribution in [-0.4, -0.2) is 56.1 Å². The Morgan fingerprint density at radius 3 is 2.71 bits per heavy atom. The Hall–Kier alpha value is -1.28. The van der Waals surface area contributed by atoms with E-state index in [1.54, 1.807) is 0 Å². The molecule has 3 N–H and O–H groups in total. The molecular weight excluding hydrogens is 413 g/mol. The first-order valence-corrected chi connectivity index (χ1v) is 8.33. The number of H-pyrrole nitrogens is 1. The smallest absolute Gasteiger partial charge is 0.191 e. The number of rotatable bonds is 7. The monoisotopic (exact) mass is 443 g/mol. The number of aromatic nitrogens is 1. The molecule has 1 aromatic carbocycles. The minimum Gasteiger partial charge on any atom is -0.361 e. The summed E-state index contributed by atoms with van der Waals surface area (Å²) in [6.45, 7) is 8.12. The molecule has 0 saturated heterocycles. The van der Waals surface area contributed by atoms with Crippen LogP contribution in [0.25, 0.3) is 10.9 Å². The average molecular weight is 443 g/mol. The van der Waals surface area contributed by atoms with E-state index in [2.05, 4.69) is 70.8 Å². The van der Waals surface area contributed by atoms with Gasteiger partial charge in [0.2, 0.25) is 0 Å². The zero-order valence-electron chi connectivity index (χ0n) is 15.1. The van der Waals surface area contributed by atoms with Crippen molar-refractivity contribution in [3.63, 3.8) is 0 Å². The van der Waals surface area contributed by atoms with E-state index in [4.69, 9.17) is 0 Å². The minimum absolute atomic E-state index is 0. The van der Waals surface area contributed by atoms with E-state index in [1.165, 1.54) is 22.0 Å². The molecule has 2 rings (SSSR count). The van der Waals surface area contributed by atoms with Gasteiger partial charge >= 0.3 is 0 Å². The fraction of sp³-hybridized carbons (Fsp3) is 0.500. The molecule has 0 fully saturated rings. The number of hydrogen-bond donors (Lipinski definition) is 3. The molecule has 134 valence electrons. The number of likely N-dealkylation sites (N-methyl/N-ethyl adjacent to an activating group) is 1. The first-order valence-electron chi connectivity index (χ1n) is 8.33. The van der Waals surface area contributed by atoms with E-state index in [-0.39, 0.29) is 24.0 Å². The van der Waals surface area contributed by atoms with Crippen molar-refractivity contribution in [2.75, 3.05) is 40.3 Å². The third-order valence-corrected chi connectivity index (χ3v) is 4.16. The van der Waals surface area contributed by atoms with Crippen LogP contribution in [0.4, 0.5) is 0 Å². The van der Waals surface area contributed by atoms with Crippen LogP contribution in [0, 0.1) is 6.92 Å². The Balaban J connectivity index is 0.00000288. The average Bonchev–Trinajstić information content (AvgIpc) is 2.95. The van der Waals surface area contributed by atoms with Gasteiger partial charge in [-0.25, -0.2) is 0 Å². The molecule has 0 aliphatic rings. The summed E-state index contributed by atoms with van der Waals surface area (Å²) < 4.78 is 0. The standard InChI is InChI=1S/C18H29N5.HI/c1-5-23(4)11-10-21-18(19-3)20-9-8-15-13-22-17-12-14(2)6-7-16(15)17;/h6-7,12-13,22H,5,8-11H2,1-4H3,(H2,19,20,21);1H. The highest BCUT2D eigenvalue weighted by molar-refractivity contribution is 14.0. The molecule has 0 atom stereocenters. The SMILES string of the molecule is CCN(C)CCNC(=NC)NCCc1c[nH]c2cc(C)ccc12.I. The van der Waals surface area contributed by atoms with Gasteiger partial charge in [-0.15, -0.1) is 24.0 Å². The summed E-state index contributed by atoms with van der Waals surface area (Å²) in [6.07, 6.45) is 3.08. The van der Waals surface area contributed by atoms with E-state index >= 15 is 0 Å². The first-order chi connectivity index (χ1) is 11.1. The van der Waals surface area contributed by atoms with Crippen molar-refractivity contribution in [2.24, 2.45) is 4.99 Å². The quantitative estimate of drug-likeness (QED) is 0.351. The van der Waals surface area contributed by atoms with Crippen molar-refractivity contribution in [3.05, 3.63) is 35.5 Å². The molecule has 6 heteroatoms. The van der Waals surface area contributed by atoms with Crippen molar-refractivity contribution >= 4 is 40.8 Å². The van der Waals surface area contributed by atoms with Gasteiger partial charge in [0.1, 0.15) is 0 Å². The Morgan fingerprint density at radius 1 is 1.25 bits per heavy atom. The molecule has 0 amide bonds. The number of nitrogens with zero attached hydrogens (tertiary/aromatic N) is 2. The number of fused-ring (bicyclic) bond motifs is 1. The summed E-state index contributed by atoms with van der Waals surface area (Å²) in [5.74, 6) is 0.866. The number of aryl methyl sites for hydroxylation is 1. The Bertz CT molecular complexity index is 650. The topological polar surface area (TPSA) is 55.4 Å². The van der Waals surface area contributed by atoms with Crippen molar-refractivity contribution in [1.29, 1.82) is 0 Å². The molecule has 0 aliphatic heterocycles. The van der Waals surface area contributed by atoms with Gasteiger partial charge < -0.3 is 20.5 Å². The Labute approximate surface area is 162 Å². The number of aromatic amines is 1. The second-order valence-corrected chi connectivity index (χ2v) is 5.93. The Kier molecular flexibility index (Phi) is 9.13. The number of guanidine groups is 1. The molecule has 0 radical (unpaired) electrons. The van der Waals surface area contributed by atoms with Crippen LogP contribution >= 0.6 is 24.0 Å². The second-order valence-electron chi connectivity index (χ2n) is 5.93. The van der Waals surface area contributed by atoms with E-state index in [1.807, 2.05) is 7.05 Å². The molecule has 1 heterocycles. The molecular formula is C18H30IN5. The van der Waals surface area contributed by atoms with Crippen molar-refractivity contribution in [1.82, 2.24) is 20.5 Å². The summed E-state index contributed by atoms with van der Waals surface area (Å²) in [6, 6.07) is 6.55. The van der Waals surface area contributed by atoms with Crippen LogP contribution < -0.4 is 10.6 Å². The minimum atomic E-state index is 0. The molecule has 0 spiro atoms. The van der Waals surface area contributed by atoms with E-state index in [9.17, 15) is 0 Å². The summed E-state index contributed by atoms with van der Waals surface area (Å²) in [5.41, 5.74) is 3.84. The fourth-order valence-corrected chi connectivity index (χ4v) is 2.57. The maximum Gasteiger partial charge on any atom is 0.191 e. The van der Waals surface area contributed by atoms with Gasteiger partial charge in [0.15, 0.2) is 5.96 Å². The maximum absolute atomic E-state index is 4.27. The van der Waals surface area contributed by atoms with Gasteiger partial charge in [-0.3, -0.25) is 4.99 Å². The van der Waals surface area contributed by atoms with Crippen LogP contribution in [-0.2, 0) is 6.42 Å². The third-order valence-electron chi connectivity index (χ3n) is 4.16. The predicted molar refractivity (Wildman–Crippen MR) is 115 cm³/mol. The largest absolute Gasteiger partial charge is 0.361 e. The van der Waals surface area contributed by atoms with Gasteiger partial charge in [-0.2, -0.15) is 0 Å². The maximum atomic E-state index is 4.27. The van der Waals surface area contributed by atoms with Gasteiger partial charge in [-0.1, -0.05) is 19.1 Å². The van der Waals surface area contributed by atoms with Crippen molar-refractivity contribution < 1.29 is 0 Å². The van der Waals surface area contributed by atoms with E-state index in [0.717, 1.165) is 38.6 Å². The highest BCUT2D eigenvalue weighted by Crippen LogP contribution is 2.19. The summed E-state index contributed by atoms with van der Waals surface area (Å²) in [4.78, 5) is 9.90. The van der Waals surface area contributed by atoms with Gasteiger partial charge in [0.25, 0.3) is 0 Å². The zero-order valence-corrected chi connectivity index (χ0v) is 17.5. The molecule has 0 aliphatic carbocycles. The zero-order chi connectivity index (χ0) is 16.7. The number of benzene rings is 1. The number of aliphatic imine (C=N–C) groups is 1. The van der Waals surface area contributed by atoms with Crippen molar-refractivity contribution in [2.45, 2.75) is 20.3 Å². The fourth-order valence-electron chi connectivity index (χ4n) is 2.57. The molecule has 1 aromatic heterocycles. The lowest BCUT2D eigenvalue weighted by Crippen LogP contribution is -2.41. The van der Waals surface area contributed by atoms with Crippen LogP contribution in [0.3, 0.4) is 0 Å².